The van der Waals surface area contributed by atoms with E-state index in [1.807, 2.05) is 0 Å². The second kappa shape index (κ2) is 6.38. The molecule has 0 radical (unpaired) electrons. The Balaban J connectivity index is 2.77. The number of benzene rings is 1. The molecule has 5 heteroatoms. The Kier molecular flexibility index (Phi) is 5.12. The molecule has 1 aromatic carbocycles. The van der Waals surface area contributed by atoms with E-state index in [1.54, 1.807) is 45.0 Å². The van der Waals surface area contributed by atoms with Gasteiger partial charge in [-0.3, -0.25) is 10.1 Å². The van der Waals surface area contributed by atoms with Crippen molar-refractivity contribution in [2.24, 2.45) is 0 Å². The highest BCUT2D eigenvalue weighted by molar-refractivity contribution is 6.33. The van der Waals surface area contributed by atoms with Crippen molar-refractivity contribution in [1.29, 1.82) is 0 Å². The average Bonchev–Trinajstić information content (AvgIpc) is 2.27. The molecule has 0 aliphatic rings. The minimum Gasteiger partial charge on any atom is -0.444 e. The van der Waals surface area contributed by atoms with E-state index in [1.165, 1.54) is 6.08 Å². The first-order valence-electron chi connectivity index (χ1n) is 5.73. The predicted octanol–water partition coefficient (Wildman–Crippen LogP) is 3.90. The Morgan fingerprint density at radius 2 is 2.05 bits per heavy atom. The Morgan fingerprint density at radius 3 is 2.58 bits per heavy atom. The van der Waals surface area contributed by atoms with Gasteiger partial charge in [0, 0.05) is 0 Å². The Hall–Kier alpha value is -1.81. The Bertz CT molecular complexity index is 504. The van der Waals surface area contributed by atoms with Gasteiger partial charge < -0.3 is 4.74 Å². The number of rotatable bonds is 3. The third kappa shape index (κ3) is 5.57. The maximum atomic E-state index is 11.6. The molecule has 1 aromatic rings. The summed E-state index contributed by atoms with van der Waals surface area (Å²) in [4.78, 5) is 21.8. The van der Waals surface area contributed by atoms with Crippen LogP contribution in [0.5, 0.6) is 0 Å². The lowest BCUT2D eigenvalue weighted by molar-refractivity contribution is -0.104. The van der Waals surface area contributed by atoms with Gasteiger partial charge in [0.25, 0.3) is 0 Å². The Morgan fingerprint density at radius 1 is 1.37 bits per heavy atom. The molecule has 0 atom stereocenters. The van der Waals surface area contributed by atoms with Gasteiger partial charge in [0.1, 0.15) is 11.9 Å². The molecule has 0 saturated carbocycles. The van der Waals surface area contributed by atoms with Crippen molar-refractivity contribution in [2.45, 2.75) is 26.4 Å². The molecule has 0 unspecified atom stereocenters. The van der Waals surface area contributed by atoms with Gasteiger partial charge in [-0.1, -0.05) is 23.7 Å². The molecular formula is C14H16ClNO3. The highest BCUT2D eigenvalue weighted by Crippen LogP contribution is 2.24. The number of amides is 1. The molecule has 0 aliphatic carbocycles. The number of ether oxygens (including phenoxy) is 1. The van der Waals surface area contributed by atoms with Gasteiger partial charge in [-0.05, 0) is 44.5 Å². The van der Waals surface area contributed by atoms with Crippen LogP contribution in [-0.2, 0) is 9.53 Å². The van der Waals surface area contributed by atoms with Gasteiger partial charge in [-0.2, -0.15) is 0 Å². The molecule has 102 valence electrons. The lowest BCUT2D eigenvalue weighted by Gasteiger charge is -2.20. The van der Waals surface area contributed by atoms with Crippen LogP contribution in [0.25, 0.3) is 6.08 Å². The summed E-state index contributed by atoms with van der Waals surface area (Å²) < 4.78 is 5.12. The monoisotopic (exact) mass is 281 g/mol. The predicted molar refractivity (Wildman–Crippen MR) is 76.4 cm³/mol. The molecule has 0 heterocycles. The molecule has 0 fully saturated rings. The summed E-state index contributed by atoms with van der Waals surface area (Å²) in [6, 6.07) is 5.03. The summed E-state index contributed by atoms with van der Waals surface area (Å²) in [5.41, 5.74) is 0.662. The second-order valence-electron chi connectivity index (χ2n) is 4.86. The summed E-state index contributed by atoms with van der Waals surface area (Å²) in [7, 11) is 0. The summed E-state index contributed by atoms with van der Waals surface area (Å²) in [6.45, 7) is 5.34. The van der Waals surface area contributed by atoms with E-state index >= 15 is 0 Å². The number of hydrogen-bond acceptors (Lipinski definition) is 3. The van der Waals surface area contributed by atoms with E-state index in [0.717, 1.165) is 5.56 Å². The summed E-state index contributed by atoms with van der Waals surface area (Å²) in [5.74, 6) is 0. The number of carbonyl (C=O) groups is 2. The van der Waals surface area contributed by atoms with Gasteiger partial charge in [0.15, 0.2) is 0 Å². The van der Waals surface area contributed by atoms with Crippen LogP contribution in [0.4, 0.5) is 10.5 Å². The second-order valence-corrected chi connectivity index (χ2v) is 5.27. The maximum absolute atomic E-state index is 11.6. The van der Waals surface area contributed by atoms with Crippen LogP contribution in [-0.4, -0.2) is 18.0 Å². The van der Waals surface area contributed by atoms with Gasteiger partial charge in [-0.25, -0.2) is 4.79 Å². The van der Waals surface area contributed by atoms with Crippen LogP contribution in [0.2, 0.25) is 5.02 Å². The SMILES string of the molecule is CC(C)(C)OC(=O)Nc1ccc(/C=C/C=O)cc1Cl. The zero-order valence-electron chi connectivity index (χ0n) is 11.1. The number of hydrogen-bond donors (Lipinski definition) is 1. The molecular weight excluding hydrogens is 266 g/mol. The van der Waals surface area contributed by atoms with E-state index in [4.69, 9.17) is 16.3 Å². The standard InChI is InChI=1S/C14H16ClNO3/c1-14(2,3)19-13(18)16-12-7-6-10(5-4-8-17)9-11(12)15/h4-9H,1-3H3,(H,16,18)/b5-4+. The number of carbonyl (C=O) groups excluding carboxylic acids is 2. The van der Waals surface area contributed by atoms with Crippen molar-refractivity contribution in [2.75, 3.05) is 5.32 Å². The fourth-order valence-corrected chi connectivity index (χ4v) is 1.54. The normalized spacial score (nSPS) is 11.4. The number of aldehydes is 1. The van der Waals surface area contributed by atoms with Crippen molar-refractivity contribution in [3.8, 4) is 0 Å². The summed E-state index contributed by atoms with van der Waals surface area (Å²) in [5, 5.41) is 2.94. The quantitative estimate of drug-likeness (QED) is 0.675. The van der Waals surface area contributed by atoms with Gasteiger partial charge in [0.2, 0.25) is 0 Å². The smallest absolute Gasteiger partial charge is 0.412 e. The van der Waals surface area contributed by atoms with E-state index < -0.39 is 11.7 Å². The van der Waals surface area contributed by atoms with Crippen LogP contribution >= 0.6 is 11.6 Å². The fourth-order valence-electron chi connectivity index (χ4n) is 1.30. The molecule has 0 aliphatic heterocycles. The van der Waals surface area contributed by atoms with Crippen molar-refractivity contribution in [3.63, 3.8) is 0 Å². The van der Waals surface area contributed by atoms with E-state index in [9.17, 15) is 9.59 Å². The van der Waals surface area contributed by atoms with Crippen LogP contribution in [0, 0.1) is 0 Å². The molecule has 1 N–H and O–H groups in total. The number of nitrogens with one attached hydrogen (secondary N) is 1. The van der Waals surface area contributed by atoms with E-state index in [-0.39, 0.29) is 0 Å². The lowest BCUT2D eigenvalue weighted by Crippen LogP contribution is -2.27. The van der Waals surface area contributed by atoms with Crippen LogP contribution in [0.15, 0.2) is 24.3 Å². The molecule has 0 saturated heterocycles. The van der Waals surface area contributed by atoms with Gasteiger partial charge >= 0.3 is 6.09 Å². The van der Waals surface area contributed by atoms with E-state index in [2.05, 4.69) is 5.32 Å². The Labute approximate surface area is 117 Å². The first-order chi connectivity index (χ1) is 8.81. The van der Waals surface area contributed by atoms with Crippen molar-refractivity contribution in [3.05, 3.63) is 34.9 Å². The van der Waals surface area contributed by atoms with Gasteiger partial charge in [-0.15, -0.1) is 0 Å². The van der Waals surface area contributed by atoms with Crippen molar-refractivity contribution < 1.29 is 14.3 Å². The molecule has 0 aromatic heterocycles. The molecule has 1 amide bonds. The molecule has 0 bridgehead atoms. The first kappa shape index (κ1) is 15.2. The number of anilines is 1. The third-order valence-electron chi connectivity index (χ3n) is 2.00. The minimum absolute atomic E-state index is 0.374. The van der Waals surface area contributed by atoms with Crippen LogP contribution in [0.3, 0.4) is 0 Å². The maximum Gasteiger partial charge on any atom is 0.412 e. The highest BCUT2D eigenvalue weighted by atomic mass is 35.5. The zero-order valence-corrected chi connectivity index (χ0v) is 11.8. The first-order valence-corrected chi connectivity index (χ1v) is 6.11. The van der Waals surface area contributed by atoms with Crippen molar-refractivity contribution >= 4 is 35.7 Å². The molecule has 0 spiro atoms. The number of halogens is 1. The zero-order chi connectivity index (χ0) is 14.5. The van der Waals surface area contributed by atoms with Crippen LogP contribution < -0.4 is 5.32 Å². The summed E-state index contributed by atoms with van der Waals surface area (Å²) in [6.07, 6.45) is 3.11. The lowest BCUT2D eigenvalue weighted by atomic mass is 10.2. The number of allylic oxidation sites excluding steroid dienone is 1. The minimum atomic E-state index is -0.566. The van der Waals surface area contributed by atoms with Crippen LogP contribution in [0.1, 0.15) is 26.3 Å². The summed E-state index contributed by atoms with van der Waals surface area (Å²) >= 11 is 6.03. The largest absolute Gasteiger partial charge is 0.444 e. The molecule has 1 rings (SSSR count). The third-order valence-corrected chi connectivity index (χ3v) is 2.31. The molecule has 19 heavy (non-hydrogen) atoms. The topological polar surface area (TPSA) is 55.4 Å². The fraction of sp³-hybridized carbons (Fsp3) is 0.286. The van der Waals surface area contributed by atoms with Gasteiger partial charge in [0.05, 0.1) is 10.7 Å². The molecule has 4 nitrogen and oxygen atoms in total. The van der Waals surface area contributed by atoms with E-state index in [0.29, 0.717) is 17.0 Å². The van der Waals surface area contributed by atoms with Crippen molar-refractivity contribution in [1.82, 2.24) is 0 Å². The highest BCUT2D eigenvalue weighted by Gasteiger charge is 2.16. The average molecular weight is 282 g/mol.